The van der Waals surface area contributed by atoms with Crippen molar-refractivity contribution in [2.75, 3.05) is 13.2 Å². The number of aliphatic hydroxyl groups excluding tert-OH is 1. The third-order valence-corrected chi connectivity index (χ3v) is 10.3. The molecule has 3 aliphatic carbocycles. The Hall–Kier alpha value is -0.0800. The van der Waals surface area contributed by atoms with Gasteiger partial charge in [-0.3, -0.25) is 0 Å². The molecule has 2 heteroatoms. The van der Waals surface area contributed by atoms with E-state index in [-0.39, 0.29) is 0 Å². The van der Waals surface area contributed by atoms with E-state index in [4.69, 9.17) is 4.74 Å². The van der Waals surface area contributed by atoms with Gasteiger partial charge in [0.05, 0.1) is 6.10 Å². The highest BCUT2D eigenvalue weighted by Gasteiger charge is 2.40. The summed E-state index contributed by atoms with van der Waals surface area (Å²) in [6.07, 6.45) is 25.3. The molecule has 3 aliphatic rings. The molecular weight excluding hydrogens is 404 g/mol. The molecule has 0 aliphatic heterocycles. The third-order valence-electron chi connectivity index (χ3n) is 10.3. The predicted molar refractivity (Wildman–Crippen MR) is 141 cm³/mol. The summed E-state index contributed by atoms with van der Waals surface area (Å²) < 4.78 is 6.61. The van der Waals surface area contributed by atoms with Gasteiger partial charge in [0, 0.05) is 13.2 Å². The Kier molecular flexibility index (Phi) is 12.6. The molecule has 3 rings (SSSR count). The van der Waals surface area contributed by atoms with Crippen LogP contribution < -0.4 is 0 Å². The van der Waals surface area contributed by atoms with Crippen LogP contribution >= 0.6 is 0 Å². The number of unbranched alkanes of at least 4 members (excludes halogenated alkanes) is 3. The Labute approximate surface area is 207 Å². The average molecular weight is 463 g/mol. The van der Waals surface area contributed by atoms with Crippen molar-refractivity contribution in [3.8, 4) is 0 Å². The van der Waals surface area contributed by atoms with Gasteiger partial charge in [0.25, 0.3) is 0 Å². The molecule has 3 saturated carbocycles. The standard InChI is InChI=1S/C31H58O2/c1-4-7-8-9-10-24-11-13-26(14-12-24)23-33-29-16-18-31(28(6-3)22-29)30-17-15-25(19-20-32)21-27(30)5-2/h24-32H,4-23H2,1-3H3. The van der Waals surface area contributed by atoms with Crippen LogP contribution in [-0.2, 0) is 4.74 Å². The molecule has 0 aromatic rings. The van der Waals surface area contributed by atoms with Gasteiger partial charge in [-0.1, -0.05) is 85.0 Å². The molecule has 0 amide bonds. The van der Waals surface area contributed by atoms with E-state index in [1.807, 2.05) is 0 Å². The van der Waals surface area contributed by atoms with Crippen molar-refractivity contribution in [1.29, 1.82) is 0 Å². The molecule has 6 atom stereocenters. The van der Waals surface area contributed by atoms with Gasteiger partial charge < -0.3 is 9.84 Å². The molecule has 0 aromatic carbocycles. The SMILES string of the molecule is CCCCCCC1CCC(COC2CCC(C3CCC(CCO)CC3CC)C(CC)C2)CC1. The number of aliphatic hydroxyl groups is 1. The maximum absolute atomic E-state index is 9.40. The van der Waals surface area contributed by atoms with Gasteiger partial charge in [-0.25, -0.2) is 0 Å². The number of ether oxygens (including phenoxy) is 1. The van der Waals surface area contributed by atoms with Gasteiger partial charge >= 0.3 is 0 Å². The van der Waals surface area contributed by atoms with Gasteiger partial charge in [-0.05, 0) is 92.8 Å². The highest BCUT2D eigenvalue weighted by Crippen LogP contribution is 2.48. The van der Waals surface area contributed by atoms with Gasteiger partial charge in [0.15, 0.2) is 0 Å². The van der Waals surface area contributed by atoms with Crippen molar-refractivity contribution in [2.24, 2.45) is 41.4 Å². The zero-order valence-corrected chi connectivity index (χ0v) is 22.6. The van der Waals surface area contributed by atoms with Gasteiger partial charge in [0.2, 0.25) is 0 Å². The van der Waals surface area contributed by atoms with E-state index in [9.17, 15) is 5.11 Å². The van der Waals surface area contributed by atoms with E-state index in [0.717, 1.165) is 54.5 Å². The van der Waals surface area contributed by atoms with E-state index in [2.05, 4.69) is 20.8 Å². The maximum atomic E-state index is 9.40. The van der Waals surface area contributed by atoms with E-state index in [0.29, 0.717) is 12.7 Å². The van der Waals surface area contributed by atoms with Crippen LogP contribution in [-0.4, -0.2) is 24.4 Å². The van der Waals surface area contributed by atoms with Crippen LogP contribution in [0.1, 0.15) is 136 Å². The number of hydrogen-bond acceptors (Lipinski definition) is 2. The molecule has 0 spiro atoms. The van der Waals surface area contributed by atoms with Crippen LogP contribution in [0.4, 0.5) is 0 Å². The molecule has 0 heterocycles. The van der Waals surface area contributed by atoms with Crippen LogP contribution in [0.2, 0.25) is 0 Å². The molecule has 1 N–H and O–H groups in total. The first-order valence-electron chi connectivity index (χ1n) is 15.4. The first-order valence-corrected chi connectivity index (χ1v) is 15.4. The van der Waals surface area contributed by atoms with Crippen molar-refractivity contribution >= 4 is 0 Å². The van der Waals surface area contributed by atoms with Crippen LogP contribution in [0.3, 0.4) is 0 Å². The minimum atomic E-state index is 0.381. The monoisotopic (exact) mass is 462 g/mol. The molecule has 3 fully saturated rings. The van der Waals surface area contributed by atoms with E-state index >= 15 is 0 Å². The Balaban J connectivity index is 1.38. The molecule has 0 bridgehead atoms. The van der Waals surface area contributed by atoms with Gasteiger partial charge in [-0.2, -0.15) is 0 Å². The van der Waals surface area contributed by atoms with Crippen LogP contribution in [0, 0.1) is 41.4 Å². The Morgan fingerprint density at radius 2 is 1.27 bits per heavy atom. The van der Waals surface area contributed by atoms with E-state index in [1.165, 1.54) is 109 Å². The summed E-state index contributed by atoms with van der Waals surface area (Å²) in [7, 11) is 0. The molecule has 2 nitrogen and oxygen atoms in total. The van der Waals surface area contributed by atoms with Crippen molar-refractivity contribution < 1.29 is 9.84 Å². The quantitative estimate of drug-likeness (QED) is 0.277. The lowest BCUT2D eigenvalue weighted by molar-refractivity contribution is -0.0462. The third kappa shape index (κ3) is 8.52. The Morgan fingerprint density at radius 3 is 1.94 bits per heavy atom. The summed E-state index contributed by atoms with van der Waals surface area (Å²) in [5.74, 6) is 6.25. The summed E-state index contributed by atoms with van der Waals surface area (Å²) in [5.41, 5.74) is 0. The van der Waals surface area contributed by atoms with Crippen molar-refractivity contribution in [1.82, 2.24) is 0 Å². The molecule has 0 aromatic heterocycles. The molecular formula is C31H58O2. The summed E-state index contributed by atoms with van der Waals surface area (Å²) in [6.45, 7) is 8.58. The average Bonchev–Trinajstić information content (AvgIpc) is 2.86. The fraction of sp³-hybridized carbons (Fsp3) is 1.00. The second kappa shape index (κ2) is 15.1. The smallest absolute Gasteiger partial charge is 0.0578 e. The second-order valence-electron chi connectivity index (χ2n) is 12.4. The molecule has 0 radical (unpaired) electrons. The Bertz CT molecular complexity index is 497. The predicted octanol–water partition coefficient (Wildman–Crippen LogP) is 8.80. The second-order valence-corrected chi connectivity index (χ2v) is 12.4. The highest BCUT2D eigenvalue weighted by atomic mass is 16.5. The number of hydrogen-bond donors (Lipinski definition) is 1. The molecule has 194 valence electrons. The van der Waals surface area contributed by atoms with Crippen molar-refractivity contribution in [3.05, 3.63) is 0 Å². The summed E-state index contributed by atoms with van der Waals surface area (Å²) in [6, 6.07) is 0. The lowest BCUT2D eigenvalue weighted by Gasteiger charge is -2.46. The topological polar surface area (TPSA) is 29.5 Å². The van der Waals surface area contributed by atoms with E-state index in [1.54, 1.807) is 0 Å². The van der Waals surface area contributed by atoms with Crippen LogP contribution in [0.25, 0.3) is 0 Å². The van der Waals surface area contributed by atoms with Crippen molar-refractivity contribution in [3.63, 3.8) is 0 Å². The first-order chi connectivity index (χ1) is 16.2. The normalized spacial score (nSPS) is 37.8. The van der Waals surface area contributed by atoms with Gasteiger partial charge in [0.1, 0.15) is 0 Å². The number of rotatable bonds is 13. The minimum Gasteiger partial charge on any atom is -0.396 e. The maximum Gasteiger partial charge on any atom is 0.0578 e. The molecule has 33 heavy (non-hydrogen) atoms. The van der Waals surface area contributed by atoms with Crippen LogP contribution in [0.5, 0.6) is 0 Å². The summed E-state index contributed by atoms with van der Waals surface area (Å²) >= 11 is 0. The van der Waals surface area contributed by atoms with Crippen molar-refractivity contribution in [2.45, 2.75) is 142 Å². The fourth-order valence-corrected chi connectivity index (χ4v) is 8.11. The zero-order chi connectivity index (χ0) is 23.5. The molecule has 6 unspecified atom stereocenters. The lowest BCUT2D eigenvalue weighted by Crippen LogP contribution is -2.39. The highest BCUT2D eigenvalue weighted by molar-refractivity contribution is 4.90. The Morgan fingerprint density at radius 1 is 0.636 bits per heavy atom. The zero-order valence-electron chi connectivity index (χ0n) is 22.6. The van der Waals surface area contributed by atoms with Crippen LogP contribution in [0.15, 0.2) is 0 Å². The summed E-state index contributed by atoms with van der Waals surface area (Å²) in [4.78, 5) is 0. The van der Waals surface area contributed by atoms with E-state index < -0.39 is 0 Å². The fourth-order valence-electron chi connectivity index (χ4n) is 8.11. The first kappa shape index (κ1) is 27.5. The largest absolute Gasteiger partial charge is 0.396 e. The minimum absolute atomic E-state index is 0.381. The summed E-state index contributed by atoms with van der Waals surface area (Å²) in [5, 5.41) is 9.40. The molecule has 0 saturated heterocycles. The van der Waals surface area contributed by atoms with Gasteiger partial charge in [-0.15, -0.1) is 0 Å². The lowest BCUT2D eigenvalue weighted by atomic mass is 9.60.